The van der Waals surface area contributed by atoms with Crippen molar-refractivity contribution in [2.45, 2.75) is 59.6 Å². The van der Waals surface area contributed by atoms with Crippen LogP contribution in [0.25, 0.3) is 0 Å². The Bertz CT molecular complexity index is 191. The number of ether oxygens (including phenoxy) is 2. The van der Waals surface area contributed by atoms with Crippen molar-refractivity contribution >= 4 is 0 Å². The van der Waals surface area contributed by atoms with Gasteiger partial charge in [-0.05, 0) is 47.5 Å². The third-order valence-corrected chi connectivity index (χ3v) is 2.15. The Kier molecular flexibility index (Phi) is 7.29. The molecule has 0 aliphatic carbocycles. The van der Waals surface area contributed by atoms with Crippen LogP contribution in [0, 0.1) is 5.92 Å². The highest BCUT2D eigenvalue weighted by Gasteiger charge is 2.12. The molecule has 0 saturated heterocycles. The highest BCUT2D eigenvalue weighted by molar-refractivity contribution is 4.71. The summed E-state index contributed by atoms with van der Waals surface area (Å²) in [5.41, 5.74) is 0.117. The zero-order valence-electron chi connectivity index (χ0n) is 12.7. The van der Waals surface area contributed by atoms with E-state index in [1.165, 1.54) is 0 Å². The van der Waals surface area contributed by atoms with E-state index in [-0.39, 0.29) is 11.1 Å². The topological polar surface area (TPSA) is 30.5 Å². The van der Waals surface area contributed by atoms with Crippen LogP contribution in [0.1, 0.15) is 48.5 Å². The van der Waals surface area contributed by atoms with Crippen molar-refractivity contribution in [2.75, 3.05) is 26.4 Å². The molecule has 0 radical (unpaired) electrons. The molecule has 0 heterocycles. The Labute approximate surface area is 107 Å². The Morgan fingerprint density at radius 3 is 2.06 bits per heavy atom. The summed E-state index contributed by atoms with van der Waals surface area (Å²) < 4.78 is 11.2. The Hall–Kier alpha value is -0.120. The van der Waals surface area contributed by atoms with Gasteiger partial charge < -0.3 is 14.8 Å². The molecule has 0 saturated carbocycles. The van der Waals surface area contributed by atoms with E-state index in [4.69, 9.17) is 9.47 Å². The second-order valence-corrected chi connectivity index (χ2v) is 6.77. The maximum absolute atomic E-state index is 5.59. The van der Waals surface area contributed by atoms with E-state index in [2.05, 4.69) is 53.8 Å². The van der Waals surface area contributed by atoms with Gasteiger partial charge in [-0.1, -0.05) is 6.92 Å². The molecule has 17 heavy (non-hydrogen) atoms. The lowest BCUT2D eigenvalue weighted by atomic mass is 10.1. The number of hydrogen-bond acceptors (Lipinski definition) is 3. The van der Waals surface area contributed by atoms with Gasteiger partial charge >= 0.3 is 0 Å². The molecule has 0 aliphatic heterocycles. The summed E-state index contributed by atoms with van der Waals surface area (Å²) in [5.74, 6) is 0.531. The molecule has 104 valence electrons. The third kappa shape index (κ3) is 13.8. The molecule has 0 rings (SSSR count). The van der Waals surface area contributed by atoms with Crippen LogP contribution in [0.3, 0.4) is 0 Å². The minimum Gasteiger partial charge on any atom is -0.379 e. The van der Waals surface area contributed by atoms with Crippen molar-refractivity contribution in [1.29, 1.82) is 0 Å². The molecule has 0 amide bonds. The first kappa shape index (κ1) is 16.9. The molecule has 3 heteroatoms. The summed E-state index contributed by atoms with van der Waals surface area (Å²) in [4.78, 5) is 0. The normalized spacial score (nSPS) is 15.0. The van der Waals surface area contributed by atoms with Gasteiger partial charge in [0.15, 0.2) is 0 Å². The molecule has 0 aromatic carbocycles. The van der Waals surface area contributed by atoms with Gasteiger partial charge in [-0.3, -0.25) is 0 Å². The molecule has 1 N–H and O–H groups in total. The van der Waals surface area contributed by atoms with Crippen molar-refractivity contribution in [3.63, 3.8) is 0 Å². The molecular formula is C14H31NO2. The van der Waals surface area contributed by atoms with Gasteiger partial charge in [0.25, 0.3) is 0 Å². The minimum atomic E-state index is -0.0667. The summed E-state index contributed by atoms with van der Waals surface area (Å²) in [5, 5.41) is 3.48. The lowest BCUT2D eigenvalue weighted by Gasteiger charge is -2.23. The molecule has 0 spiro atoms. The fraction of sp³-hybridized carbons (Fsp3) is 1.00. The van der Waals surface area contributed by atoms with Crippen molar-refractivity contribution in [3.05, 3.63) is 0 Å². The van der Waals surface area contributed by atoms with E-state index in [9.17, 15) is 0 Å². The minimum absolute atomic E-state index is 0.0667. The van der Waals surface area contributed by atoms with Gasteiger partial charge in [-0.25, -0.2) is 0 Å². The summed E-state index contributed by atoms with van der Waals surface area (Å²) in [6, 6.07) is 0. The molecule has 0 fully saturated rings. The van der Waals surface area contributed by atoms with Gasteiger partial charge in [0, 0.05) is 12.1 Å². The largest absolute Gasteiger partial charge is 0.379 e. The standard InChI is InChI=1S/C14H31NO2/c1-12(10-15-13(2,3)4)11-16-8-9-17-14(5,6)7/h12,15H,8-11H2,1-7H3. The van der Waals surface area contributed by atoms with Crippen LogP contribution in [0.2, 0.25) is 0 Å². The molecule has 0 aromatic rings. The van der Waals surface area contributed by atoms with E-state index in [0.29, 0.717) is 19.1 Å². The van der Waals surface area contributed by atoms with Crippen LogP contribution in [0.15, 0.2) is 0 Å². The van der Waals surface area contributed by atoms with Crippen molar-refractivity contribution in [1.82, 2.24) is 5.32 Å². The van der Waals surface area contributed by atoms with E-state index in [1.807, 2.05) is 0 Å². The fourth-order valence-corrected chi connectivity index (χ4v) is 1.23. The molecule has 0 bridgehead atoms. The fourth-order valence-electron chi connectivity index (χ4n) is 1.23. The molecule has 3 nitrogen and oxygen atoms in total. The van der Waals surface area contributed by atoms with Gasteiger partial charge in [0.05, 0.1) is 25.4 Å². The first-order valence-electron chi connectivity index (χ1n) is 6.57. The van der Waals surface area contributed by atoms with Gasteiger partial charge in [-0.15, -0.1) is 0 Å². The average Bonchev–Trinajstić information content (AvgIpc) is 2.11. The summed E-state index contributed by atoms with van der Waals surface area (Å²) in [7, 11) is 0. The third-order valence-electron chi connectivity index (χ3n) is 2.15. The molecule has 0 aliphatic rings. The summed E-state index contributed by atoms with van der Waals surface area (Å²) in [6.07, 6.45) is 0. The van der Waals surface area contributed by atoms with E-state index in [0.717, 1.165) is 13.2 Å². The van der Waals surface area contributed by atoms with Crippen molar-refractivity contribution in [2.24, 2.45) is 5.92 Å². The predicted octanol–water partition coefficient (Wildman–Crippen LogP) is 2.84. The molecular weight excluding hydrogens is 214 g/mol. The van der Waals surface area contributed by atoms with Crippen molar-refractivity contribution < 1.29 is 9.47 Å². The Balaban J connectivity index is 3.43. The monoisotopic (exact) mass is 245 g/mol. The summed E-state index contributed by atoms with van der Waals surface area (Å²) in [6.45, 7) is 18.0. The van der Waals surface area contributed by atoms with E-state index < -0.39 is 0 Å². The maximum Gasteiger partial charge on any atom is 0.0707 e. The SMILES string of the molecule is CC(CNC(C)(C)C)COCCOC(C)(C)C. The second-order valence-electron chi connectivity index (χ2n) is 6.77. The van der Waals surface area contributed by atoms with Gasteiger partial charge in [0.2, 0.25) is 0 Å². The van der Waals surface area contributed by atoms with E-state index in [1.54, 1.807) is 0 Å². The van der Waals surface area contributed by atoms with Crippen LogP contribution >= 0.6 is 0 Å². The average molecular weight is 245 g/mol. The van der Waals surface area contributed by atoms with Crippen LogP contribution in [0.5, 0.6) is 0 Å². The van der Waals surface area contributed by atoms with Crippen LogP contribution in [0.4, 0.5) is 0 Å². The highest BCUT2D eigenvalue weighted by atomic mass is 16.5. The zero-order valence-corrected chi connectivity index (χ0v) is 12.7. The Morgan fingerprint density at radius 2 is 1.59 bits per heavy atom. The number of hydrogen-bond donors (Lipinski definition) is 1. The quantitative estimate of drug-likeness (QED) is 0.700. The zero-order chi connectivity index (χ0) is 13.5. The Morgan fingerprint density at radius 1 is 1.00 bits per heavy atom. The molecule has 1 unspecified atom stereocenters. The second kappa shape index (κ2) is 7.34. The summed E-state index contributed by atoms with van der Waals surface area (Å²) >= 11 is 0. The number of rotatable bonds is 7. The first-order valence-corrected chi connectivity index (χ1v) is 6.57. The van der Waals surface area contributed by atoms with Gasteiger partial charge in [0.1, 0.15) is 0 Å². The lowest BCUT2D eigenvalue weighted by molar-refractivity contribution is -0.0386. The van der Waals surface area contributed by atoms with Gasteiger partial charge in [-0.2, -0.15) is 0 Å². The van der Waals surface area contributed by atoms with Crippen molar-refractivity contribution in [3.8, 4) is 0 Å². The van der Waals surface area contributed by atoms with E-state index >= 15 is 0 Å². The van der Waals surface area contributed by atoms with Crippen LogP contribution in [-0.4, -0.2) is 37.5 Å². The lowest BCUT2D eigenvalue weighted by Crippen LogP contribution is -2.39. The number of nitrogens with one attached hydrogen (secondary N) is 1. The highest BCUT2D eigenvalue weighted by Crippen LogP contribution is 2.06. The molecule has 1 atom stereocenters. The first-order chi connectivity index (χ1) is 7.60. The molecule has 0 aromatic heterocycles. The maximum atomic E-state index is 5.59. The van der Waals surface area contributed by atoms with Crippen LogP contribution in [-0.2, 0) is 9.47 Å². The van der Waals surface area contributed by atoms with Crippen LogP contribution < -0.4 is 5.32 Å². The smallest absolute Gasteiger partial charge is 0.0707 e. The predicted molar refractivity (Wildman–Crippen MR) is 73.4 cm³/mol.